The molecule has 2 rings (SSSR count). The van der Waals surface area contributed by atoms with Gasteiger partial charge in [0, 0.05) is 11.6 Å². The lowest BCUT2D eigenvalue weighted by atomic mass is 9.92. The first kappa shape index (κ1) is 11.9. The van der Waals surface area contributed by atoms with Gasteiger partial charge in [0.25, 0.3) is 0 Å². The van der Waals surface area contributed by atoms with Gasteiger partial charge in [-0.1, -0.05) is 18.7 Å². The molecule has 0 aromatic carbocycles. The molecule has 1 N–H and O–H groups in total. The molecule has 0 saturated heterocycles. The molecule has 0 aliphatic carbocycles. The summed E-state index contributed by atoms with van der Waals surface area (Å²) in [5.41, 5.74) is 5.12. The van der Waals surface area contributed by atoms with Gasteiger partial charge in [-0.05, 0) is 50.1 Å². The van der Waals surface area contributed by atoms with Crippen molar-refractivity contribution in [2.24, 2.45) is 4.99 Å². The first-order chi connectivity index (χ1) is 8.26. The maximum absolute atomic E-state index is 4.78. The van der Waals surface area contributed by atoms with Crippen molar-refractivity contribution in [1.29, 1.82) is 0 Å². The molecule has 1 atom stereocenters. The van der Waals surface area contributed by atoms with Crippen LogP contribution >= 0.6 is 0 Å². The summed E-state index contributed by atoms with van der Waals surface area (Å²) in [6.07, 6.45) is 10.4. The van der Waals surface area contributed by atoms with E-state index in [0.29, 0.717) is 6.04 Å². The molecule has 0 spiro atoms. The molecule has 0 amide bonds. The van der Waals surface area contributed by atoms with Crippen LogP contribution < -0.4 is 5.32 Å². The van der Waals surface area contributed by atoms with Gasteiger partial charge in [-0.15, -0.1) is 0 Å². The second-order valence-electron chi connectivity index (χ2n) is 4.52. The number of rotatable bonds is 2. The molecule has 17 heavy (non-hydrogen) atoms. The molecule has 2 nitrogen and oxygen atoms in total. The van der Waals surface area contributed by atoms with E-state index < -0.39 is 0 Å². The highest BCUT2D eigenvalue weighted by Crippen LogP contribution is 2.28. The van der Waals surface area contributed by atoms with E-state index in [2.05, 4.69) is 37.9 Å². The Morgan fingerprint density at radius 3 is 3.12 bits per heavy atom. The number of hydrogen-bond donors (Lipinski definition) is 1. The fourth-order valence-electron chi connectivity index (χ4n) is 2.41. The van der Waals surface area contributed by atoms with Crippen molar-refractivity contribution in [3.8, 4) is 0 Å². The smallest absolute Gasteiger partial charge is 0.0618 e. The van der Waals surface area contributed by atoms with Gasteiger partial charge in [-0.2, -0.15) is 0 Å². The molecule has 0 aromatic heterocycles. The molecule has 2 aliphatic rings. The molecule has 0 radical (unpaired) electrons. The number of fused-ring (bicyclic) bond motifs is 1. The maximum Gasteiger partial charge on any atom is 0.0618 e. The SMILES string of the molecule is C=C/C(=C\C)C1=C2C=CNCC2=N[C@H](C)CC1. The van der Waals surface area contributed by atoms with Crippen LogP contribution in [0.15, 0.2) is 52.7 Å². The molecular formula is C15H20N2. The number of aliphatic imine (C=N–C) groups is 1. The molecule has 0 unspecified atom stereocenters. The zero-order valence-corrected chi connectivity index (χ0v) is 10.7. The summed E-state index contributed by atoms with van der Waals surface area (Å²) in [5, 5.41) is 3.24. The third kappa shape index (κ3) is 2.41. The summed E-state index contributed by atoms with van der Waals surface area (Å²) in [7, 11) is 0. The Morgan fingerprint density at radius 2 is 2.41 bits per heavy atom. The summed E-state index contributed by atoms with van der Waals surface area (Å²) in [5.74, 6) is 0. The Labute approximate surface area is 104 Å². The lowest BCUT2D eigenvalue weighted by Gasteiger charge is -2.17. The zero-order valence-electron chi connectivity index (χ0n) is 10.7. The van der Waals surface area contributed by atoms with Gasteiger partial charge in [0.15, 0.2) is 0 Å². The lowest BCUT2D eigenvalue weighted by Crippen LogP contribution is -2.25. The van der Waals surface area contributed by atoms with E-state index >= 15 is 0 Å². The Hall–Kier alpha value is -1.57. The van der Waals surface area contributed by atoms with Crippen LogP contribution in [0.2, 0.25) is 0 Å². The van der Waals surface area contributed by atoms with E-state index in [-0.39, 0.29) is 0 Å². The van der Waals surface area contributed by atoms with Gasteiger partial charge in [0.2, 0.25) is 0 Å². The number of nitrogens with zero attached hydrogens (tertiary/aromatic N) is 1. The van der Waals surface area contributed by atoms with Crippen LogP contribution in [0.3, 0.4) is 0 Å². The Morgan fingerprint density at radius 1 is 1.59 bits per heavy atom. The van der Waals surface area contributed by atoms with Crippen LogP contribution in [0.4, 0.5) is 0 Å². The first-order valence-electron chi connectivity index (χ1n) is 6.25. The predicted molar refractivity (Wildman–Crippen MR) is 74.3 cm³/mol. The minimum Gasteiger partial charge on any atom is -0.385 e. The topological polar surface area (TPSA) is 24.4 Å². The lowest BCUT2D eigenvalue weighted by molar-refractivity contribution is 0.674. The average molecular weight is 228 g/mol. The van der Waals surface area contributed by atoms with Crippen molar-refractivity contribution in [2.45, 2.75) is 32.7 Å². The highest BCUT2D eigenvalue weighted by Gasteiger charge is 2.19. The van der Waals surface area contributed by atoms with E-state index in [1.165, 1.54) is 22.4 Å². The van der Waals surface area contributed by atoms with E-state index in [1.807, 2.05) is 12.3 Å². The van der Waals surface area contributed by atoms with Crippen molar-refractivity contribution in [3.05, 3.63) is 47.7 Å². The van der Waals surface area contributed by atoms with Gasteiger partial charge in [0.1, 0.15) is 0 Å². The Balaban J connectivity index is 2.51. The van der Waals surface area contributed by atoms with Crippen LogP contribution in [-0.4, -0.2) is 18.3 Å². The van der Waals surface area contributed by atoms with E-state index in [4.69, 9.17) is 4.99 Å². The zero-order chi connectivity index (χ0) is 12.3. The van der Waals surface area contributed by atoms with Gasteiger partial charge < -0.3 is 5.32 Å². The molecule has 0 saturated carbocycles. The van der Waals surface area contributed by atoms with Crippen molar-refractivity contribution in [3.63, 3.8) is 0 Å². The van der Waals surface area contributed by atoms with Crippen molar-refractivity contribution >= 4 is 5.71 Å². The summed E-state index contributed by atoms with van der Waals surface area (Å²) in [6, 6.07) is 0.411. The van der Waals surface area contributed by atoms with Crippen LogP contribution in [0.5, 0.6) is 0 Å². The van der Waals surface area contributed by atoms with Crippen molar-refractivity contribution in [1.82, 2.24) is 5.32 Å². The standard InChI is InChI=1S/C15H20N2/c1-4-12(5-2)13-7-6-11(3)17-15-10-16-9-8-14(13)15/h4-5,8-9,11,16H,1,6-7,10H2,2-3H3/b12-5+/t11-/m1/s1. The fourth-order valence-corrected chi connectivity index (χ4v) is 2.41. The van der Waals surface area contributed by atoms with E-state index in [9.17, 15) is 0 Å². The third-order valence-electron chi connectivity index (χ3n) is 3.34. The number of hydrogen-bond acceptors (Lipinski definition) is 2. The maximum atomic E-state index is 4.78. The second kappa shape index (κ2) is 5.17. The van der Waals surface area contributed by atoms with Gasteiger partial charge in [-0.25, -0.2) is 0 Å². The Bertz CT molecular complexity index is 436. The molecule has 90 valence electrons. The van der Waals surface area contributed by atoms with Gasteiger partial charge >= 0.3 is 0 Å². The molecule has 2 heterocycles. The second-order valence-corrected chi connectivity index (χ2v) is 4.52. The van der Waals surface area contributed by atoms with Crippen LogP contribution in [0.1, 0.15) is 26.7 Å². The molecular weight excluding hydrogens is 208 g/mol. The van der Waals surface area contributed by atoms with Gasteiger partial charge in [-0.3, -0.25) is 4.99 Å². The van der Waals surface area contributed by atoms with Crippen LogP contribution in [0, 0.1) is 0 Å². The number of nitrogens with one attached hydrogen (secondary N) is 1. The number of allylic oxidation sites excluding steroid dienone is 5. The quantitative estimate of drug-likeness (QED) is 0.721. The molecule has 0 bridgehead atoms. The average Bonchev–Trinajstić information content (AvgIpc) is 2.51. The minimum atomic E-state index is 0.411. The van der Waals surface area contributed by atoms with Crippen LogP contribution in [-0.2, 0) is 0 Å². The van der Waals surface area contributed by atoms with E-state index in [1.54, 1.807) is 0 Å². The highest BCUT2D eigenvalue weighted by atomic mass is 14.9. The minimum absolute atomic E-state index is 0.411. The van der Waals surface area contributed by atoms with Crippen molar-refractivity contribution in [2.75, 3.05) is 6.54 Å². The largest absolute Gasteiger partial charge is 0.385 e. The molecule has 0 fully saturated rings. The summed E-state index contributed by atoms with van der Waals surface area (Å²) < 4.78 is 0. The summed E-state index contributed by atoms with van der Waals surface area (Å²) >= 11 is 0. The third-order valence-corrected chi connectivity index (χ3v) is 3.34. The molecule has 0 aromatic rings. The van der Waals surface area contributed by atoms with Crippen LogP contribution in [0.25, 0.3) is 0 Å². The van der Waals surface area contributed by atoms with Crippen molar-refractivity contribution < 1.29 is 0 Å². The fraction of sp³-hybridized carbons (Fsp3) is 0.400. The summed E-state index contributed by atoms with van der Waals surface area (Å²) in [6.45, 7) is 9.01. The molecule has 2 aliphatic heterocycles. The summed E-state index contributed by atoms with van der Waals surface area (Å²) in [4.78, 5) is 4.78. The first-order valence-corrected chi connectivity index (χ1v) is 6.25. The Kier molecular flexibility index (Phi) is 3.62. The normalized spacial score (nSPS) is 24.7. The van der Waals surface area contributed by atoms with Gasteiger partial charge in [0.05, 0.1) is 12.3 Å². The predicted octanol–water partition coefficient (Wildman–Crippen LogP) is 3.16. The monoisotopic (exact) mass is 228 g/mol. The van der Waals surface area contributed by atoms with E-state index in [0.717, 1.165) is 19.4 Å². The molecule has 2 heteroatoms. The highest BCUT2D eigenvalue weighted by molar-refractivity contribution is 6.06.